The first-order chi connectivity index (χ1) is 33.1. The summed E-state index contributed by atoms with van der Waals surface area (Å²) in [5.41, 5.74) is 1.25. The van der Waals surface area contributed by atoms with E-state index < -0.39 is 70.1 Å². The monoisotopic (exact) mass is 1010 g/mol. The summed E-state index contributed by atoms with van der Waals surface area (Å²) < 4.78 is 58.1. The Morgan fingerprint density at radius 3 is 2.31 bits per heavy atom. The van der Waals surface area contributed by atoms with Crippen LogP contribution < -0.4 is 25.2 Å². The van der Waals surface area contributed by atoms with Gasteiger partial charge in [-0.15, -0.1) is 11.3 Å². The maximum Gasteiger partial charge on any atom is 0.417 e. The summed E-state index contributed by atoms with van der Waals surface area (Å²) in [4.78, 5) is 67.5. The summed E-state index contributed by atoms with van der Waals surface area (Å²) >= 11 is 7.15. The van der Waals surface area contributed by atoms with E-state index in [1.807, 2.05) is 52.0 Å². The first kappa shape index (κ1) is 53.3. The Hall–Kier alpha value is -6.05. The lowest BCUT2D eigenvalue weighted by Gasteiger charge is -2.35. The van der Waals surface area contributed by atoms with Gasteiger partial charge in [0.25, 0.3) is 5.91 Å². The van der Waals surface area contributed by atoms with Crippen LogP contribution in [0.25, 0.3) is 10.4 Å². The average molecular weight is 1010 g/mol. The molecular formula is C49H57F3N8O8S2. The van der Waals surface area contributed by atoms with Crippen LogP contribution in [-0.2, 0) is 41.4 Å². The second kappa shape index (κ2) is 22.8. The predicted octanol–water partition coefficient (Wildman–Crippen LogP) is 6.71. The van der Waals surface area contributed by atoms with Crippen LogP contribution in [0.5, 0.6) is 5.88 Å². The van der Waals surface area contributed by atoms with Gasteiger partial charge in [-0.05, 0) is 93.1 Å². The van der Waals surface area contributed by atoms with Crippen molar-refractivity contribution in [1.82, 2.24) is 25.5 Å². The molecule has 2 saturated heterocycles. The molecule has 2 aromatic heterocycles. The number of carbonyl (C=O) groups excluding carboxylic acids is 4. The maximum atomic E-state index is 13.9. The number of nitrogens with zero attached hydrogens (tertiary/aromatic N) is 6. The summed E-state index contributed by atoms with van der Waals surface area (Å²) in [5, 5.41) is 25.4. The Morgan fingerprint density at radius 2 is 1.67 bits per heavy atom. The highest BCUT2D eigenvalue weighted by Crippen LogP contribution is 2.40. The number of nitriles is 1. The van der Waals surface area contributed by atoms with Crippen LogP contribution in [0.15, 0.2) is 66.3 Å². The minimum atomic E-state index is -4.81. The average Bonchev–Trinajstić information content (AvgIpc) is 3.98. The summed E-state index contributed by atoms with van der Waals surface area (Å²) in [6, 6.07) is 13.7. The van der Waals surface area contributed by atoms with Gasteiger partial charge in [0.1, 0.15) is 24.2 Å². The van der Waals surface area contributed by atoms with E-state index in [1.165, 1.54) is 28.1 Å². The molecule has 4 amide bonds. The number of nitrogens with one attached hydrogen (secondary N) is 2. The molecule has 0 saturated carbocycles. The van der Waals surface area contributed by atoms with Crippen LogP contribution in [-0.4, -0.2) is 112 Å². The van der Waals surface area contributed by atoms with Crippen molar-refractivity contribution in [1.29, 1.82) is 5.26 Å². The summed E-state index contributed by atoms with van der Waals surface area (Å²) in [6.07, 6.45) is -2.32. The van der Waals surface area contributed by atoms with Gasteiger partial charge < -0.3 is 39.8 Å². The molecule has 4 aromatic rings. The Kier molecular flexibility index (Phi) is 17.4. The zero-order valence-corrected chi connectivity index (χ0v) is 41.4. The third kappa shape index (κ3) is 12.8. The number of aromatic nitrogens is 2. The van der Waals surface area contributed by atoms with E-state index >= 15 is 0 Å². The topological polar surface area (TPSA) is 200 Å². The van der Waals surface area contributed by atoms with Crippen molar-refractivity contribution in [3.8, 4) is 22.4 Å². The number of carbonyl (C=O) groups is 4. The second-order valence-electron chi connectivity index (χ2n) is 18.5. The lowest BCUT2D eigenvalue weighted by atomic mass is 9.85. The van der Waals surface area contributed by atoms with Gasteiger partial charge in [-0.1, -0.05) is 45.0 Å². The number of alkyl halides is 3. The first-order valence-corrected chi connectivity index (χ1v) is 24.0. The fourth-order valence-electron chi connectivity index (χ4n) is 8.05. The third-order valence-electron chi connectivity index (χ3n) is 11.8. The van der Waals surface area contributed by atoms with E-state index in [1.54, 1.807) is 42.8 Å². The number of pyridine rings is 1. The molecule has 3 atom stereocenters. The number of anilines is 2. The second-order valence-corrected chi connectivity index (χ2v) is 19.7. The highest BCUT2D eigenvalue weighted by Gasteiger charge is 2.51. The number of aliphatic hydroxyl groups excluding tert-OH is 1. The number of β-amino-alcohol motifs (C(OH)–C–C–N with tert-alkyl or cyclic N) is 1. The number of hydrogen-bond donors (Lipinski definition) is 3. The third-order valence-corrected chi connectivity index (χ3v) is 13.1. The predicted molar refractivity (Wildman–Crippen MR) is 260 cm³/mol. The number of thiocarbonyl (C=S) groups is 1. The molecule has 0 bridgehead atoms. The molecule has 3 N–H and O–H groups in total. The molecule has 2 aliphatic heterocycles. The molecule has 4 heterocycles. The molecule has 0 aliphatic carbocycles. The largest absolute Gasteiger partial charge is 0.478 e. The van der Waals surface area contributed by atoms with Gasteiger partial charge >= 0.3 is 6.18 Å². The highest BCUT2D eigenvalue weighted by molar-refractivity contribution is 7.81. The number of amides is 4. The van der Waals surface area contributed by atoms with E-state index in [0.717, 1.165) is 38.7 Å². The minimum absolute atomic E-state index is 0.0376. The van der Waals surface area contributed by atoms with Gasteiger partial charge in [0.05, 0.1) is 63.6 Å². The Morgan fingerprint density at radius 1 is 0.986 bits per heavy atom. The number of rotatable bonds is 20. The van der Waals surface area contributed by atoms with E-state index in [9.17, 15) is 42.7 Å². The molecule has 2 aromatic carbocycles. The molecule has 2 aliphatic rings. The number of aryl methyl sites for hydroxylation is 1. The van der Waals surface area contributed by atoms with Gasteiger partial charge in [-0.25, -0.2) is 9.97 Å². The van der Waals surface area contributed by atoms with Crippen molar-refractivity contribution in [2.45, 2.75) is 104 Å². The number of ether oxygens (including phenoxy) is 3. The van der Waals surface area contributed by atoms with Crippen LogP contribution >= 0.6 is 23.6 Å². The zero-order valence-electron chi connectivity index (χ0n) is 39.8. The molecule has 6 rings (SSSR count). The van der Waals surface area contributed by atoms with Crippen molar-refractivity contribution >= 4 is 63.7 Å². The molecule has 374 valence electrons. The summed E-state index contributed by atoms with van der Waals surface area (Å²) in [6.45, 7) is 11.9. The van der Waals surface area contributed by atoms with Crippen LogP contribution in [0.3, 0.4) is 0 Å². The van der Waals surface area contributed by atoms with Crippen molar-refractivity contribution in [3.05, 3.63) is 88.7 Å². The van der Waals surface area contributed by atoms with Crippen LogP contribution in [0.4, 0.5) is 24.5 Å². The summed E-state index contributed by atoms with van der Waals surface area (Å²) in [5.74, 6) is -1.59. The van der Waals surface area contributed by atoms with Crippen molar-refractivity contribution in [2.75, 3.05) is 49.4 Å². The first-order valence-electron chi connectivity index (χ1n) is 22.7. The van der Waals surface area contributed by atoms with E-state index in [-0.39, 0.29) is 43.5 Å². The number of likely N-dealkylation sites (tertiary alicyclic amines) is 1. The quantitative estimate of drug-likeness (QED) is 0.0624. The van der Waals surface area contributed by atoms with Gasteiger partial charge in [0, 0.05) is 45.4 Å². The number of benzene rings is 2. The summed E-state index contributed by atoms with van der Waals surface area (Å²) in [7, 11) is 0. The normalized spacial score (nSPS) is 17.4. The van der Waals surface area contributed by atoms with E-state index in [4.69, 9.17) is 26.4 Å². The Labute approximate surface area is 414 Å². The minimum Gasteiger partial charge on any atom is -0.478 e. The highest BCUT2D eigenvalue weighted by atomic mass is 32.1. The van der Waals surface area contributed by atoms with Crippen molar-refractivity contribution < 1.29 is 51.7 Å². The molecule has 0 spiro atoms. The van der Waals surface area contributed by atoms with Crippen LogP contribution in [0, 0.1) is 23.7 Å². The maximum absolute atomic E-state index is 13.9. The molecule has 16 nitrogen and oxygen atoms in total. The van der Waals surface area contributed by atoms with Gasteiger partial charge in [-0.2, -0.15) is 18.4 Å². The number of unbranched alkanes of at least 4 members (excludes halogenated alkanes) is 1. The number of hydrogen-bond acceptors (Lipinski definition) is 13. The molecule has 0 radical (unpaired) electrons. The van der Waals surface area contributed by atoms with Crippen molar-refractivity contribution in [3.63, 3.8) is 0 Å². The fraction of sp³-hybridized carbons (Fsp3) is 0.469. The fourth-order valence-corrected chi connectivity index (χ4v) is 9.38. The Balaban J connectivity index is 0.867. The lowest BCUT2D eigenvalue weighted by Crippen LogP contribution is -2.58. The molecule has 21 heteroatoms. The molecule has 2 fully saturated rings. The SMILES string of the molecule is Cc1ncsc1-c1ccc(CNC(=O)[C@@H]2C[C@@H](O)CN2C(=O)[C@@H](NC(=O)COCCCOCCCCOc2ccc(N3C(=S)N(c4ccc(C#N)c(C(F)(F)F)c4)C(=O)C3(C)C)cn2)C(C)(C)C)cc1. The standard InChI is InChI=1S/C49H57F3N8O8S2/c1-30-41(70-29-56-30)32-12-10-31(11-13-32)25-55-43(63)38-23-36(61)27-58(38)44(64)42(47(2,3)4)57-39(62)28-67-20-9-19-66-18-7-8-21-68-40-17-16-35(26-54-40)60-46(69)59(45(65)48(60,5)6)34-15-14-33(24-53)37(22-34)49(50,51)52/h10-17,22,26,29,36,38,42,61H,7-9,18-21,23,25,27-28H2,1-6H3,(H,55,63)(H,57,62)/t36-,38+,42-/m1/s1. The van der Waals surface area contributed by atoms with Crippen LogP contribution in [0.2, 0.25) is 0 Å². The lowest BCUT2D eigenvalue weighted by molar-refractivity contribution is -0.144. The van der Waals surface area contributed by atoms with Gasteiger partial charge in [-0.3, -0.25) is 24.1 Å². The van der Waals surface area contributed by atoms with Crippen molar-refractivity contribution in [2.24, 2.45) is 5.41 Å². The molecule has 0 unspecified atom stereocenters. The Bertz CT molecular complexity index is 2560. The van der Waals surface area contributed by atoms with Crippen LogP contribution in [0.1, 0.15) is 82.7 Å². The molecular weight excluding hydrogens is 950 g/mol. The zero-order chi connectivity index (χ0) is 51.0. The van der Waals surface area contributed by atoms with Gasteiger partial charge in [0.15, 0.2) is 5.11 Å². The smallest absolute Gasteiger partial charge is 0.417 e. The van der Waals surface area contributed by atoms with E-state index in [0.29, 0.717) is 50.7 Å². The molecule has 70 heavy (non-hydrogen) atoms. The number of thiazole rings is 1. The number of halogens is 3. The van der Waals surface area contributed by atoms with Gasteiger partial charge in [0.2, 0.25) is 23.6 Å². The van der Waals surface area contributed by atoms with E-state index in [2.05, 4.69) is 20.6 Å². The number of aliphatic hydroxyl groups is 1.